The van der Waals surface area contributed by atoms with Crippen LogP contribution in [0.25, 0.3) is 0 Å². The zero-order chi connectivity index (χ0) is 16.0. The van der Waals surface area contributed by atoms with E-state index in [0.717, 1.165) is 5.56 Å². The Morgan fingerprint density at radius 1 is 1.04 bits per heavy atom. The standard InChI is InChI=1S/C17H15NO5/c1-9-6-14-16(17(20)18-9)11(8-15(19)23-14)10-2-3-12-13(7-10)22-5-4-21-12/h2-3,6-7,11H,4-5,8H2,1H3,(H,18,20). The fraction of sp³-hybridized carbons (Fsp3) is 0.294. The highest BCUT2D eigenvalue weighted by molar-refractivity contribution is 5.77. The van der Waals surface area contributed by atoms with Crippen LogP contribution in [0.4, 0.5) is 0 Å². The lowest BCUT2D eigenvalue weighted by Gasteiger charge is -2.25. The molecular formula is C17H15NO5. The highest BCUT2D eigenvalue weighted by Crippen LogP contribution is 2.40. The van der Waals surface area contributed by atoms with Crippen molar-refractivity contribution in [2.75, 3.05) is 13.2 Å². The first-order chi connectivity index (χ1) is 11.1. The number of carbonyl (C=O) groups excluding carboxylic acids is 1. The molecule has 0 amide bonds. The number of fused-ring (bicyclic) bond motifs is 2. The Bertz CT molecular complexity index is 855. The summed E-state index contributed by atoms with van der Waals surface area (Å²) in [6, 6.07) is 7.19. The molecule has 0 aliphatic carbocycles. The third-order valence-electron chi connectivity index (χ3n) is 4.08. The minimum atomic E-state index is -0.355. The van der Waals surface area contributed by atoms with E-state index >= 15 is 0 Å². The van der Waals surface area contributed by atoms with E-state index in [2.05, 4.69) is 4.98 Å². The second-order valence-electron chi connectivity index (χ2n) is 5.69. The van der Waals surface area contributed by atoms with Crippen molar-refractivity contribution in [3.8, 4) is 17.2 Å². The van der Waals surface area contributed by atoms with Crippen molar-refractivity contribution in [3.05, 3.63) is 51.4 Å². The largest absolute Gasteiger partial charge is 0.486 e. The van der Waals surface area contributed by atoms with Crippen molar-refractivity contribution in [2.45, 2.75) is 19.3 Å². The molecule has 0 fully saturated rings. The summed E-state index contributed by atoms with van der Waals surface area (Å²) in [7, 11) is 0. The molecule has 0 spiro atoms. The number of aromatic nitrogens is 1. The predicted molar refractivity (Wildman–Crippen MR) is 81.3 cm³/mol. The molecule has 0 saturated carbocycles. The first-order valence-corrected chi connectivity index (χ1v) is 7.46. The lowest BCUT2D eigenvalue weighted by molar-refractivity contribution is -0.135. The van der Waals surface area contributed by atoms with Crippen LogP contribution in [0.15, 0.2) is 29.1 Å². The zero-order valence-corrected chi connectivity index (χ0v) is 12.5. The lowest BCUT2D eigenvalue weighted by atomic mass is 9.87. The maximum absolute atomic E-state index is 12.4. The van der Waals surface area contributed by atoms with Gasteiger partial charge in [0, 0.05) is 17.7 Å². The Kier molecular flexibility index (Phi) is 3.11. The summed E-state index contributed by atoms with van der Waals surface area (Å²) < 4.78 is 16.3. The SMILES string of the molecule is Cc1cc2c(c(=O)[nH]1)C(c1ccc3c(c1)OCCO3)CC(=O)O2. The first-order valence-electron chi connectivity index (χ1n) is 7.46. The molecule has 2 aliphatic rings. The summed E-state index contributed by atoms with van der Waals surface area (Å²) in [6.45, 7) is 2.76. The number of esters is 1. The summed E-state index contributed by atoms with van der Waals surface area (Å²) in [5.41, 5.74) is 1.74. The molecule has 1 aromatic heterocycles. The van der Waals surface area contributed by atoms with Gasteiger partial charge >= 0.3 is 5.97 Å². The fourth-order valence-electron chi connectivity index (χ4n) is 3.08. The predicted octanol–water partition coefficient (Wildman–Crippen LogP) is 1.90. The number of aryl methyl sites for hydroxylation is 1. The van der Waals surface area contributed by atoms with Gasteiger partial charge in [-0.05, 0) is 24.6 Å². The molecule has 1 atom stereocenters. The van der Waals surface area contributed by atoms with Gasteiger partial charge in [0.15, 0.2) is 11.5 Å². The van der Waals surface area contributed by atoms with Gasteiger partial charge in [-0.1, -0.05) is 6.07 Å². The molecule has 2 aromatic rings. The van der Waals surface area contributed by atoms with Crippen molar-refractivity contribution in [1.29, 1.82) is 0 Å². The molecule has 1 unspecified atom stereocenters. The third kappa shape index (κ3) is 2.36. The molecule has 0 radical (unpaired) electrons. The summed E-state index contributed by atoms with van der Waals surface area (Å²) in [6.07, 6.45) is 0.124. The van der Waals surface area contributed by atoms with Crippen LogP contribution in [0, 0.1) is 6.92 Å². The summed E-state index contributed by atoms with van der Waals surface area (Å²) in [5, 5.41) is 0. The van der Waals surface area contributed by atoms with Crippen LogP contribution in [0.1, 0.15) is 29.2 Å². The third-order valence-corrected chi connectivity index (χ3v) is 4.08. The van der Waals surface area contributed by atoms with Gasteiger partial charge < -0.3 is 19.2 Å². The van der Waals surface area contributed by atoms with Crippen LogP contribution < -0.4 is 19.8 Å². The first kappa shape index (κ1) is 13.9. The molecule has 2 aliphatic heterocycles. The number of benzene rings is 1. The molecule has 1 aromatic carbocycles. The number of hydrogen-bond acceptors (Lipinski definition) is 5. The van der Waals surface area contributed by atoms with Crippen LogP contribution in [-0.2, 0) is 4.79 Å². The van der Waals surface area contributed by atoms with Gasteiger partial charge in [-0.15, -0.1) is 0 Å². The molecule has 4 rings (SSSR count). The Morgan fingerprint density at radius 3 is 2.65 bits per heavy atom. The van der Waals surface area contributed by atoms with E-state index in [0.29, 0.717) is 41.7 Å². The van der Waals surface area contributed by atoms with Crippen LogP contribution in [0.3, 0.4) is 0 Å². The number of hydrogen-bond donors (Lipinski definition) is 1. The van der Waals surface area contributed by atoms with Gasteiger partial charge in [0.2, 0.25) is 0 Å². The van der Waals surface area contributed by atoms with E-state index in [9.17, 15) is 9.59 Å². The quantitative estimate of drug-likeness (QED) is 0.814. The van der Waals surface area contributed by atoms with E-state index in [1.54, 1.807) is 13.0 Å². The van der Waals surface area contributed by atoms with Crippen molar-refractivity contribution < 1.29 is 19.0 Å². The summed E-state index contributed by atoms with van der Waals surface area (Å²) in [4.78, 5) is 27.1. The molecule has 0 bridgehead atoms. The van der Waals surface area contributed by atoms with Crippen molar-refractivity contribution in [2.24, 2.45) is 0 Å². The van der Waals surface area contributed by atoms with E-state index in [4.69, 9.17) is 14.2 Å². The minimum absolute atomic E-state index is 0.124. The number of aromatic amines is 1. The van der Waals surface area contributed by atoms with E-state index < -0.39 is 0 Å². The Labute approximate surface area is 132 Å². The summed E-state index contributed by atoms with van der Waals surface area (Å²) >= 11 is 0. The van der Waals surface area contributed by atoms with Crippen molar-refractivity contribution in [1.82, 2.24) is 4.98 Å². The van der Waals surface area contributed by atoms with E-state index in [-0.39, 0.29) is 23.9 Å². The monoisotopic (exact) mass is 313 g/mol. The number of H-pyrrole nitrogens is 1. The number of carbonyl (C=O) groups is 1. The van der Waals surface area contributed by atoms with Crippen LogP contribution in [0.2, 0.25) is 0 Å². The topological polar surface area (TPSA) is 77.6 Å². The molecule has 23 heavy (non-hydrogen) atoms. The normalized spacial score (nSPS) is 19.0. The van der Waals surface area contributed by atoms with Gasteiger partial charge in [0.1, 0.15) is 19.0 Å². The fourth-order valence-corrected chi connectivity index (χ4v) is 3.08. The second kappa shape index (κ2) is 5.15. The van der Waals surface area contributed by atoms with Crippen LogP contribution in [0.5, 0.6) is 17.2 Å². The molecule has 6 heteroatoms. The molecule has 3 heterocycles. The average molecular weight is 313 g/mol. The second-order valence-corrected chi connectivity index (χ2v) is 5.69. The van der Waals surface area contributed by atoms with Gasteiger partial charge in [-0.2, -0.15) is 0 Å². The maximum Gasteiger partial charge on any atom is 0.312 e. The molecule has 118 valence electrons. The number of rotatable bonds is 1. The maximum atomic E-state index is 12.4. The highest BCUT2D eigenvalue weighted by atomic mass is 16.6. The smallest absolute Gasteiger partial charge is 0.312 e. The van der Waals surface area contributed by atoms with E-state index in [1.165, 1.54) is 0 Å². The Hall–Kier alpha value is -2.76. The molecule has 6 nitrogen and oxygen atoms in total. The molecule has 0 saturated heterocycles. The lowest BCUT2D eigenvalue weighted by Crippen LogP contribution is -2.28. The molecule has 1 N–H and O–H groups in total. The van der Waals surface area contributed by atoms with Gasteiger partial charge in [0.25, 0.3) is 5.56 Å². The summed E-state index contributed by atoms with van der Waals surface area (Å²) in [5.74, 6) is 0.949. The van der Waals surface area contributed by atoms with Gasteiger partial charge in [-0.25, -0.2) is 0 Å². The highest BCUT2D eigenvalue weighted by Gasteiger charge is 2.32. The van der Waals surface area contributed by atoms with Gasteiger partial charge in [-0.3, -0.25) is 9.59 Å². The minimum Gasteiger partial charge on any atom is -0.486 e. The van der Waals surface area contributed by atoms with Crippen LogP contribution >= 0.6 is 0 Å². The number of ether oxygens (including phenoxy) is 3. The average Bonchev–Trinajstić information content (AvgIpc) is 2.53. The van der Waals surface area contributed by atoms with Gasteiger partial charge in [0.05, 0.1) is 12.0 Å². The molecular weight excluding hydrogens is 298 g/mol. The van der Waals surface area contributed by atoms with Crippen molar-refractivity contribution in [3.63, 3.8) is 0 Å². The number of nitrogens with one attached hydrogen (secondary N) is 1. The van der Waals surface area contributed by atoms with E-state index in [1.807, 2.05) is 18.2 Å². The van der Waals surface area contributed by atoms with Crippen molar-refractivity contribution >= 4 is 5.97 Å². The number of pyridine rings is 1. The van der Waals surface area contributed by atoms with Crippen LogP contribution in [-0.4, -0.2) is 24.2 Å². The Morgan fingerprint density at radius 2 is 1.83 bits per heavy atom. The Balaban J connectivity index is 1.84. The zero-order valence-electron chi connectivity index (χ0n) is 12.5.